The lowest BCUT2D eigenvalue weighted by molar-refractivity contribution is -0.123. The lowest BCUT2D eigenvalue weighted by atomic mass is 10.0. The van der Waals surface area contributed by atoms with Gasteiger partial charge in [0, 0.05) is 19.5 Å². The molecule has 0 heterocycles. The van der Waals surface area contributed by atoms with E-state index in [-0.39, 0.29) is 11.5 Å². The summed E-state index contributed by atoms with van der Waals surface area (Å²) in [7, 11) is 0. The largest absolute Gasteiger partial charge is 0.375 e. The van der Waals surface area contributed by atoms with E-state index >= 15 is 0 Å². The number of carbonyl (C=O) groups excluding carboxylic acids is 2. The number of amides is 2. The van der Waals surface area contributed by atoms with Crippen molar-refractivity contribution in [2.24, 2.45) is 0 Å². The van der Waals surface area contributed by atoms with Crippen molar-refractivity contribution < 1.29 is 14.3 Å². The molecule has 0 aliphatic carbocycles. The molecule has 5 heteroatoms. The lowest BCUT2D eigenvalue weighted by Gasteiger charge is -2.24. The summed E-state index contributed by atoms with van der Waals surface area (Å²) in [5.41, 5.74) is -0.159. The van der Waals surface area contributed by atoms with Crippen LogP contribution in [-0.4, -0.2) is 37.6 Å². The Labute approximate surface area is 103 Å². The summed E-state index contributed by atoms with van der Waals surface area (Å²) in [4.78, 5) is 21.3. The average Bonchev–Trinajstić information content (AvgIpc) is 2.24. The van der Waals surface area contributed by atoms with E-state index in [0.29, 0.717) is 32.5 Å². The summed E-state index contributed by atoms with van der Waals surface area (Å²) < 4.78 is 5.64. The van der Waals surface area contributed by atoms with E-state index in [9.17, 15) is 9.59 Å². The fourth-order valence-electron chi connectivity index (χ4n) is 1.52. The van der Waals surface area contributed by atoms with E-state index in [1.54, 1.807) is 0 Å². The third-order valence-electron chi connectivity index (χ3n) is 2.35. The molecule has 17 heavy (non-hydrogen) atoms. The maximum Gasteiger partial charge on any atom is 0.222 e. The molecule has 0 rings (SSSR count). The standard InChI is InChI=1S/C12H24N2O3/c1-4-6-12(2,3)17-9-5-11(16)14-8-7-13-10-15/h10H,4-9H2,1-3H3,(H,13,15)(H,14,16). The molecular weight excluding hydrogens is 220 g/mol. The first-order valence-corrected chi connectivity index (χ1v) is 6.09. The zero-order valence-electron chi connectivity index (χ0n) is 11.0. The molecule has 0 aromatic heterocycles. The van der Waals surface area contributed by atoms with Gasteiger partial charge >= 0.3 is 0 Å². The van der Waals surface area contributed by atoms with E-state index in [1.165, 1.54) is 0 Å². The number of ether oxygens (including phenoxy) is 1. The molecule has 0 atom stereocenters. The van der Waals surface area contributed by atoms with Gasteiger partial charge in [0.25, 0.3) is 0 Å². The third kappa shape index (κ3) is 9.81. The molecule has 100 valence electrons. The van der Waals surface area contributed by atoms with Crippen molar-refractivity contribution in [3.8, 4) is 0 Å². The predicted octanol–water partition coefficient (Wildman–Crippen LogP) is 0.834. The molecule has 2 N–H and O–H groups in total. The van der Waals surface area contributed by atoms with Crippen LogP contribution in [0.2, 0.25) is 0 Å². The highest BCUT2D eigenvalue weighted by atomic mass is 16.5. The molecule has 0 spiro atoms. The summed E-state index contributed by atoms with van der Waals surface area (Å²) in [5.74, 6) is -0.0509. The van der Waals surface area contributed by atoms with E-state index in [0.717, 1.165) is 12.8 Å². The van der Waals surface area contributed by atoms with Crippen molar-refractivity contribution in [3.63, 3.8) is 0 Å². The molecule has 0 aromatic carbocycles. The number of nitrogens with one attached hydrogen (secondary N) is 2. The topological polar surface area (TPSA) is 67.4 Å². The molecule has 0 aliphatic heterocycles. The zero-order chi connectivity index (χ0) is 13.1. The molecule has 0 saturated heterocycles. The first-order valence-electron chi connectivity index (χ1n) is 6.09. The van der Waals surface area contributed by atoms with Crippen molar-refractivity contribution in [2.45, 2.75) is 45.6 Å². The highest BCUT2D eigenvalue weighted by Crippen LogP contribution is 2.16. The Bertz CT molecular complexity index is 230. The number of hydrogen-bond acceptors (Lipinski definition) is 3. The van der Waals surface area contributed by atoms with E-state index in [2.05, 4.69) is 17.6 Å². The quantitative estimate of drug-likeness (QED) is 0.442. The van der Waals surface area contributed by atoms with E-state index < -0.39 is 0 Å². The molecule has 0 aliphatic rings. The molecule has 0 aromatic rings. The van der Waals surface area contributed by atoms with E-state index in [1.807, 2.05) is 13.8 Å². The van der Waals surface area contributed by atoms with Gasteiger partial charge in [-0.05, 0) is 20.3 Å². The van der Waals surface area contributed by atoms with Crippen LogP contribution in [0.3, 0.4) is 0 Å². The zero-order valence-corrected chi connectivity index (χ0v) is 11.0. The highest BCUT2D eigenvalue weighted by Gasteiger charge is 2.16. The third-order valence-corrected chi connectivity index (χ3v) is 2.35. The summed E-state index contributed by atoms with van der Waals surface area (Å²) in [5, 5.41) is 5.17. The second-order valence-corrected chi connectivity index (χ2v) is 4.53. The van der Waals surface area contributed by atoms with Gasteiger partial charge in [-0.2, -0.15) is 0 Å². The van der Waals surface area contributed by atoms with Crippen molar-refractivity contribution in [1.29, 1.82) is 0 Å². The molecule has 5 nitrogen and oxygen atoms in total. The minimum atomic E-state index is -0.159. The minimum absolute atomic E-state index is 0.0509. The second-order valence-electron chi connectivity index (χ2n) is 4.53. The molecule has 0 saturated carbocycles. The van der Waals surface area contributed by atoms with Crippen molar-refractivity contribution in [1.82, 2.24) is 10.6 Å². The van der Waals surface area contributed by atoms with Crippen LogP contribution in [0.25, 0.3) is 0 Å². The van der Waals surface area contributed by atoms with Crippen LogP contribution >= 0.6 is 0 Å². The number of carbonyl (C=O) groups is 2. The van der Waals surface area contributed by atoms with Crippen LogP contribution in [0.15, 0.2) is 0 Å². The maximum absolute atomic E-state index is 11.3. The molecule has 0 radical (unpaired) electrons. The monoisotopic (exact) mass is 244 g/mol. The summed E-state index contributed by atoms with van der Waals surface area (Å²) >= 11 is 0. The highest BCUT2D eigenvalue weighted by molar-refractivity contribution is 5.75. The number of hydrogen-bond donors (Lipinski definition) is 2. The van der Waals surface area contributed by atoms with Gasteiger partial charge in [0.15, 0.2) is 0 Å². The van der Waals surface area contributed by atoms with Crippen molar-refractivity contribution in [2.75, 3.05) is 19.7 Å². The van der Waals surface area contributed by atoms with Gasteiger partial charge in [0.05, 0.1) is 12.2 Å². The van der Waals surface area contributed by atoms with Crippen molar-refractivity contribution >= 4 is 12.3 Å². The second kappa shape index (κ2) is 8.98. The van der Waals surface area contributed by atoms with Crippen LogP contribution < -0.4 is 10.6 Å². The number of rotatable bonds is 10. The van der Waals surface area contributed by atoms with Gasteiger partial charge in [-0.1, -0.05) is 13.3 Å². The average molecular weight is 244 g/mol. The first kappa shape index (κ1) is 15.9. The fourth-order valence-corrected chi connectivity index (χ4v) is 1.52. The van der Waals surface area contributed by atoms with E-state index in [4.69, 9.17) is 4.74 Å². The Morgan fingerprint density at radius 1 is 1.35 bits per heavy atom. The Kier molecular flexibility index (Phi) is 8.40. The molecule has 0 bridgehead atoms. The SMILES string of the molecule is CCCC(C)(C)OCCC(=O)NCCNC=O. The fraction of sp³-hybridized carbons (Fsp3) is 0.833. The summed E-state index contributed by atoms with van der Waals surface area (Å²) in [6.07, 6.45) is 3.02. The van der Waals surface area contributed by atoms with Gasteiger partial charge in [-0.25, -0.2) is 0 Å². The summed E-state index contributed by atoms with van der Waals surface area (Å²) in [6, 6.07) is 0. The van der Waals surface area contributed by atoms with Crippen LogP contribution in [0.1, 0.15) is 40.0 Å². The van der Waals surface area contributed by atoms with Crippen LogP contribution in [0.4, 0.5) is 0 Å². The van der Waals surface area contributed by atoms with Crippen LogP contribution in [0.5, 0.6) is 0 Å². The van der Waals surface area contributed by atoms with Gasteiger partial charge in [0.1, 0.15) is 0 Å². The molecule has 2 amide bonds. The Balaban J connectivity index is 3.53. The molecular formula is C12H24N2O3. The Morgan fingerprint density at radius 3 is 2.65 bits per heavy atom. The Hall–Kier alpha value is -1.10. The maximum atomic E-state index is 11.3. The normalized spacial score (nSPS) is 11.0. The van der Waals surface area contributed by atoms with Crippen LogP contribution in [-0.2, 0) is 14.3 Å². The molecule has 0 fully saturated rings. The lowest BCUT2D eigenvalue weighted by Crippen LogP contribution is -2.33. The molecule has 0 unspecified atom stereocenters. The van der Waals surface area contributed by atoms with Gasteiger partial charge in [0.2, 0.25) is 12.3 Å². The summed E-state index contributed by atoms with van der Waals surface area (Å²) in [6.45, 7) is 7.51. The van der Waals surface area contributed by atoms with Gasteiger partial charge < -0.3 is 15.4 Å². The Morgan fingerprint density at radius 2 is 2.06 bits per heavy atom. The smallest absolute Gasteiger partial charge is 0.222 e. The van der Waals surface area contributed by atoms with Gasteiger partial charge in [-0.3, -0.25) is 9.59 Å². The first-order chi connectivity index (χ1) is 8.02. The minimum Gasteiger partial charge on any atom is -0.375 e. The van der Waals surface area contributed by atoms with Crippen molar-refractivity contribution in [3.05, 3.63) is 0 Å². The van der Waals surface area contributed by atoms with Crippen LogP contribution in [0, 0.1) is 0 Å². The predicted molar refractivity (Wildman–Crippen MR) is 66.6 cm³/mol. The van der Waals surface area contributed by atoms with Gasteiger partial charge in [-0.15, -0.1) is 0 Å².